The molecule has 3 heterocycles. The van der Waals surface area contributed by atoms with Crippen LogP contribution < -0.4 is 15.0 Å². The summed E-state index contributed by atoms with van der Waals surface area (Å²) in [5, 5.41) is 9.71. The summed E-state index contributed by atoms with van der Waals surface area (Å²) in [6, 6.07) is 6.37. The van der Waals surface area contributed by atoms with E-state index in [1.165, 1.54) is 30.1 Å². The number of nitriles is 1. The second-order valence-corrected chi connectivity index (χ2v) is 14.7. The second-order valence-electron chi connectivity index (χ2n) is 12.6. The zero-order valence-corrected chi connectivity index (χ0v) is 28.2. The molecule has 47 heavy (non-hydrogen) atoms. The molecular formula is C31H36ClFN6O7S. The smallest absolute Gasteiger partial charge is 0.410 e. The normalized spacial score (nSPS) is 18.0. The molecule has 1 amide bonds. The standard InChI is InChI=1S/C31H36ClFN6O7S/c1-6-37(5)47(42,43)36-22-8-7-21(33)27(20(22)16-34)45-24-10-9-23-25(26(24)32)28(40)39(18-35-23)19-15-31(44-17-19)11-13-38(14-12-31)29(41)46-30(2,3)4/h7-10,18-19,36H,6,11-15,17H2,1-5H3. The minimum absolute atomic E-state index is 0.0210. The Hall–Kier alpha value is -3.97. The summed E-state index contributed by atoms with van der Waals surface area (Å²) in [7, 11) is -2.69. The summed E-state index contributed by atoms with van der Waals surface area (Å²) in [6.07, 6.45) is 2.73. The zero-order valence-electron chi connectivity index (χ0n) is 26.7. The first-order valence-electron chi connectivity index (χ1n) is 15.0. The Labute approximate surface area is 277 Å². The average molecular weight is 691 g/mol. The van der Waals surface area contributed by atoms with E-state index >= 15 is 4.39 Å². The Kier molecular flexibility index (Phi) is 9.44. The van der Waals surface area contributed by atoms with E-state index in [0.717, 1.165) is 16.4 Å². The molecule has 1 aromatic heterocycles. The Morgan fingerprint density at radius 3 is 2.62 bits per heavy atom. The van der Waals surface area contributed by atoms with Gasteiger partial charge in [-0.2, -0.15) is 18.0 Å². The number of hydrogen-bond acceptors (Lipinski definition) is 9. The number of nitrogens with one attached hydrogen (secondary N) is 1. The maximum atomic E-state index is 15.0. The van der Waals surface area contributed by atoms with Crippen molar-refractivity contribution in [2.24, 2.45) is 0 Å². The van der Waals surface area contributed by atoms with Crippen LogP contribution >= 0.6 is 11.6 Å². The number of carbonyl (C=O) groups is 1. The average Bonchev–Trinajstić information content (AvgIpc) is 3.41. The van der Waals surface area contributed by atoms with E-state index in [9.17, 15) is 23.3 Å². The van der Waals surface area contributed by atoms with E-state index in [1.807, 2.05) is 20.8 Å². The molecule has 2 aromatic carbocycles. The van der Waals surface area contributed by atoms with Gasteiger partial charge in [0, 0.05) is 26.7 Å². The molecule has 1 spiro atoms. The lowest BCUT2D eigenvalue weighted by Crippen LogP contribution is -2.48. The number of ether oxygens (including phenoxy) is 3. The molecule has 16 heteroatoms. The minimum atomic E-state index is -4.04. The third kappa shape index (κ3) is 7.01. The third-order valence-corrected chi connectivity index (χ3v) is 10.2. The molecule has 1 atom stereocenters. The number of nitrogens with zero attached hydrogens (tertiary/aromatic N) is 5. The van der Waals surface area contributed by atoms with Crippen LogP contribution in [0.15, 0.2) is 35.4 Å². The number of carbonyl (C=O) groups excluding carboxylic acids is 1. The number of amides is 1. The molecule has 0 aliphatic carbocycles. The third-order valence-electron chi connectivity index (χ3n) is 8.29. The molecule has 0 radical (unpaired) electrons. The lowest BCUT2D eigenvalue weighted by atomic mass is 9.87. The SMILES string of the molecule is CCN(C)S(=O)(=O)Nc1ccc(F)c(Oc2ccc3ncn(C4COC5(CCN(C(=O)OC(C)(C)C)CC5)C4)c(=O)c3c2Cl)c1C#N. The molecule has 252 valence electrons. The van der Waals surface area contributed by atoms with Crippen LogP contribution in [0.2, 0.25) is 5.02 Å². The maximum absolute atomic E-state index is 15.0. The van der Waals surface area contributed by atoms with Gasteiger partial charge in [-0.25, -0.2) is 14.2 Å². The Bertz CT molecular complexity index is 1920. The number of aromatic nitrogens is 2. The van der Waals surface area contributed by atoms with Gasteiger partial charge in [0.1, 0.15) is 23.0 Å². The Balaban J connectivity index is 1.40. The van der Waals surface area contributed by atoms with Gasteiger partial charge >= 0.3 is 16.3 Å². The Morgan fingerprint density at radius 2 is 1.98 bits per heavy atom. The highest BCUT2D eigenvalue weighted by Crippen LogP contribution is 2.42. The van der Waals surface area contributed by atoms with Crippen molar-refractivity contribution in [3.63, 3.8) is 0 Å². The maximum Gasteiger partial charge on any atom is 0.410 e. The summed E-state index contributed by atoms with van der Waals surface area (Å²) in [5.41, 5.74) is -1.92. The van der Waals surface area contributed by atoms with Gasteiger partial charge < -0.3 is 19.1 Å². The number of benzene rings is 2. The number of hydrogen-bond donors (Lipinski definition) is 1. The number of piperidine rings is 1. The fourth-order valence-corrected chi connectivity index (χ4v) is 6.85. The van der Waals surface area contributed by atoms with Crippen molar-refractivity contribution in [3.8, 4) is 17.6 Å². The van der Waals surface area contributed by atoms with Gasteiger partial charge in [-0.15, -0.1) is 0 Å². The van der Waals surface area contributed by atoms with Crippen molar-refractivity contribution in [3.05, 3.63) is 57.3 Å². The van der Waals surface area contributed by atoms with Crippen LogP contribution in [0.4, 0.5) is 14.9 Å². The molecule has 1 unspecified atom stereocenters. The predicted octanol–water partition coefficient (Wildman–Crippen LogP) is 5.19. The fourth-order valence-electron chi connectivity index (χ4n) is 5.62. The molecule has 1 N–H and O–H groups in total. The lowest BCUT2D eigenvalue weighted by molar-refractivity contribution is -0.0486. The van der Waals surface area contributed by atoms with E-state index in [4.69, 9.17) is 25.8 Å². The molecular weight excluding hydrogens is 655 g/mol. The first kappa shape index (κ1) is 34.4. The van der Waals surface area contributed by atoms with Crippen LogP contribution in [0.1, 0.15) is 58.6 Å². The molecule has 2 fully saturated rings. The van der Waals surface area contributed by atoms with Crippen LogP contribution in [0.5, 0.6) is 11.5 Å². The molecule has 2 aliphatic heterocycles. The van der Waals surface area contributed by atoms with Crippen LogP contribution in [-0.2, 0) is 19.7 Å². The Morgan fingerprint density at radius 1 is 1.28 bits per heavy atom. The number of rotatable bonds is 7. The molecule has 5 rings (SSSR count). The van der Waals surface area contributed by atoms with Crippen LogP contribution in [0, 0.1) is 17.1 Å². The highest BCUT2D eigenvalue weighted by molar-refractivity contribution is 7.90. The quantitative estimate of drug-likeness (QED) is 0.352. The van der Waals surface area contributed by atoms with E-state index in [0.29, 0.717) is 32.4 Å². The largest absolute Gasteiger partial charge is 0.451 e. The zero-order chi connectivity index (χ0) is 34.3. The van der Waals surface area contributed by atoms with E-state index in [-0.39, 0.29) is 52.6 Å². The van der Waals surface area contributed by atoms with Crippen molar-refractivity contribution in [2.75, 3.05) is 38.0 Å². The van der Waals surface area contributed by atoms with Crippen molar-refractivity contribution in [1.29, 1.82) is 5.26 Å². The number of fused-ring (bicyclic) bond motifs is 1. The first-order chi connectivity index (χ1) is 22.1. The van der Waals surface area contributed by atoms with E-state index in [2.05, 4.69) is 9.71 Å². The molecule has 0 saturated carbocycles. The van der Waals surface area contributed by atoms with Crippen LogP contribution in [0.3, 0.4) is 0 Å². The fraction of sp³-hybridized carbons (Fsp3) is 0.484. The van der Waals surface area contributed by atoms with Crippen molar-refractivity contribution < 1.29 is 31.8 Å². The number of likely N-dealkylation sites (tertiary alicyclic amines) is 1. The monoisotopic (exact) mass is 690 g/mol. The summed E-state index contributed by atoms with van der Waals surface area (Å²) in [5.74, 6) is -1.65. The van der Waals surface area contributed by atoms with Crippen LogP contribution in [-0.4, -0.2) is 77.8 Å². The minimum Gasteiger partial charge on any atom is -0.451 e. The summed E-state index contributed by atoms with van der Waals surface area (Å²) in [6.45, 7) is 8.40. The lowest BCUT2D eigenvalue weighted by Gasteiger charge is -2.39. The molecule has 2 saturated heterocycles. The predicted molar refractivity (Wildman–Crippen MR) is 172 cm³/mol. The highest BCUT2D eigenvalue weighted by atomic mass is 35.5. The highest BCUT2D eigenvalue weighted by Gasteiger charge is 2.45. The van der Waals surface area contributed by atoms with Gasteiger partial charge in [0.05, 0.1) is 46.2 Å². The number of halogens is 2. The molecule has 0 bridgehead atoms. The van der Waals surface area contributed by atoms with Gasteiger partial charge in [0.2, 0.25) is 0 Å². The molecule has 3 aromatic rings. The summed E-state index contributed by atoms with van der Waals surface area (Å²) >= 11 is 6.68. The van der Waals surface area contributed by atoms with Gasteiger partial charge in [0.15, 0.2) is 11.6 Å². The second kappa shape index (κ2) is 12.9. The molecule has 13 nitrogen and oxygen atoms in total. The summed E-state index contributed by atoms with van der Waals surface area (Å²) < 4.78 is 62.5. The summed E-state index contributed by atoms with van der Waals surface area (Å²) in [4.78, 5) is 32.4. The van der Waals surface area contributed by atoms with Gasteiger partial charge in [-0.1, -0.05) is 18.5 Å². The first-order valence-corrected chi connectivity index (χ1v) is 16.9. The van der Waals surface area contributed by atoms with Gasteiger partial charge in [-0.05, 0) is 64.3 Å². The van der Waals surface area contributed by atoms with E-state index < -0.39 is 44.1 Å². The van der Waals surface area contributed by atoms with Gasteiger partial charge in [0.25, 0.3) is 5.56 Å². The van der Waals surface area contributed by atoms with Gasteiger partial charge in [-0.3, -0.25) is 14.1 Å². The van der Waals surface area contributed by atoms with E-state index in [1.54, 1.807) is 17.9 Å². The number of anilines is 1. The van der Waals surface area contributed by atoms with Crippen molar-refractivity contribution in [2.45, 2.75) is 64.2 Å². The van der Waals surface area contributed by atoms with Crippen molar-refractivity contribution >= 4 is 44.5 Å². The topological polar surface area (TPSA) is 156 Å². The van der Waals surface area contributed by atoms with Crippen molar-refractivity contribution in [1.82, 2.24) is 18.8 Å². The van der Waals surface area contributed by atoms with Crippen LogP contribution in [0.25, 0.3) is 10.9 Å². The molecule has 2 aliphatic rings.